The minimum atomic E-state index is -0.982. The van der Waals surface area contributed by atoms with Crippen LogP contribution in [0.25, 0.3) is 11.5 Å². The van der Waals surface area contributed by atoms with Crippen molar-refractivity contribution in [2.45, 2.75) is 104 Å². The first-order chi connectivity index (χ1) is 16.4. The summed E-state index contributed by atoms with van der Waals surface area (Å²) < 4.78 is 8.19. The first-order valence-electron chi connectivity index (χ1n) is 12.3. The average Bonchev–Trinajstić information content (AvgIpc) is 2.81. The summed E-state index contributed by atoms with van der Waals surface area (Å²) >= 11 is 1.06. The van der Waals surface area contributed by atoms with Crippen LogP contribution in [0, 0.1) is 0 Å². The Morgan fingerprint density at radius 1 is 0.706 bits per heavy atom. The number of nitrogens with zero attached hydrogens (tertiary/aromatic N) is 1. The number of rotatable bonds is 16. The number of aliphatic carboxylic acids is 2. The first kappa shape index (κ1) is 37.0. The monoisotopic (exact) mass is 518 g/mol. The molecular weight excluding hydrogens is 473 g/mol. The Morgan fingerprint density at radius 2 is 1.03 bits per heavy atom. The molecule has 0 spiro atoms. The summed E-state index contributed by atoms with van der Waals surface area (Å²) in [5.74, 6) is -1.96. The van der Waals surface area contributed by atoms with Crippen LogP contribution in [0.4, 0.5) is 0 Å². The van der Waals surface area contributed by atoms with Gasteiger partial charge in [0.2, 0.25) is 0 Å². The molecule has 0 fully saturated rings. The van der Waals surface area contributed by atoms with Crippen LogP contribution in [0.2, 0.25) is 0 Å². The standard InChI is InChI=1S/C9H9NO4.2C8H18N.O.V/c11-8(12)4-6-2-1-3-7(10-6)5-9(13)14;2*1-2-3-4-5-6-7-8-9;;/h1-3H,4-5H2,(H,11,12)(H,13,14);2*9H,2-8H2,1H3;;/q;2*-1;;+2. The molecule has 0 atom stereocenters. The third-order valence-corrected chi connectivity index (χ3v) is 4.59. The molecule has 0 unspecified atom stereocenters. The number of carbonyl (C=O) groups is 2. The van der Waals surface area contributed by atoms with Gasteiger partial charge in [0.15, 0.2) is 0 Å². The number of carboxylic acids is 2. The van der Waals surface area contributed by atoms with Gasteiger partial charge in [0.05, 0.1) is 24.2 Å². The van der Waals surface area contributed by atoms with Crippen LogP contribution < -0.4 is 0 Å². The molecular formula is C25H45N3O5V. The maximum atomic E-state index is 10.3. The molecule has 0 saturated carbocycles. The van der Waals surface area contributed by atoms with Crippen molar-refractivity contribution in [3.63, 3.8) is 0 Å². The Bertz CT molecular complexity index is 534. The summed E-state index contributed by atoms with van der Waals surface area (Å²) in [6.07, 6.45) is 15.2. The van der Waals surface area contributed by atoms with E-state index in [0.717, 1.165) is 30.2 Å². The molecule has 8 nitrogen and oxygen atoms in total. The molecule has 1 heterocycles. The number of aromatic nitrogens is 1. The van der Waals surface area contributed by atoms with Gasteiger partial charge >= 0.3 is 33.0 Å². The van der Waals surface area contributed by atoms with Crippen molar-refractivity contribution >= 4 is 11.9 Å². The van der Waals surface area contributed by atoms with Crippen LogP contribution in [0.3, 0.4) is 0 Å². The summed E-state index contributed by atoms with van der Waals surface area (Å²) in [6, 6.07) is 4.71. The molecule has 0 amide bonds. The molecule has 1 aromatic rings. The molecule has 195 valence electrons. The molecule has 0 aromatic carbocycles. The van der Waals surface area contributed by atoms with E-state index in [1.54, 1.807) is 18.2 Å². The number of hydrogen-bond acceptors (Lipinski definition) is 4. The van der Waals surface area contributed by atoms with Crippen molar-refractivity contribution in [3.05, 3.63) is 41.1 Å². The Kier molecular flexibility index (Phi) is 34.1. The zero-order valence-electron chi connectivity index (χ0n) is 21.1. The number of unbranched alkanes of at least 4 members (excludes halogenated alkanes) is 10. The summed E-state index contributed by atoms with van der Waals surface area (Å²) in [4.78, 5) is 24.6. The molecule has 0 aliphatic heterocycles. The fraction of sp³-hybridized carbons (Fsp3) is 0.720. The number of nitrogens with one attached hydrogen (secondary N) is 2. The molecule has 9 heteroatoms. The van der Waals surface area contributed by atoms with Crippen LogP contribution in [-0.4, -0.2) is 40.2 Å². The van der Waals surface area contributed by atoms with Crippen molar-refractivity contribution in [2.75, 3.05) is 13.1 Å². The van der Waals surface area contributed by atoms with E-state index in [1.807, 2.05) is 0 Å². The third-order valence-electron chi connectivity index (χ3n) is 4.59. The second kappa shape index (κ2) is 31.4. The fourth-order valence-electron chi connectivity index (χ4n) is 2.85. The normalized spacial score (nSPS) is 9.47. The van der Waals surface area contributed by atoms with Gasteiger partial charge in [-0.2, -0.15) is 13.1 Å². The predicted molar refractivity (Wildman–Crippen MR) is 133 cm³/mol. The third kappa shape index (κ3) is 32.6. The zero-order valence-corrected chi connectivity index (χ0v) is 22.5. The van der Waals surface area contributed by atoms with Crippen molar-refractivity contribution in [3.8, 4) is 0 Å². The predicted octanol–water partition coefficient (Wildman–Crippen LogP) is 7.01. The minimum absolute atomic E-state index is 0.187. The van der Waals surface area contributed by atoms with Gasteiger partial charge in [-0.25, -0.2) is 0 Å². The maximum absolute atomic E-state index is 10.3. The Balaban J connectivity index is -0.000000425. The molecule has 0 aliphatic carbocycles. The van der Waals surface area contributed by atoms with E-state index in [4.69, 9.17) is 25.4 Å². The second-order valence-electron chi connectivity index (χ2n) is 7.80. The fourth-order valence-corrected chi connectivity index (χ4v) is 2.85. The van der Waals surface area contributed by atoms with Gasteiger partial charge in [0.25, 0.3) is 0 Å². The molecule has 34 heavy (non-hydrogen) atoms. The Morgan fingerprint density at radius 3 is 1.32 bits per heavy atom. The van der Waals surface area contributed by atoms with E-state index in [2.05, 4.69) is 18.8 Å². The summed E-state index contributed by atoms with van der Waals surface area (Å²) in [7, 11) is 0. The van der Waals surface area contributed by atoms with E-state index in [1.165, 1.54) is 64.2 Å². The van der Waals surface area contributed by atoms with E-state index in [9.17, 15) is 9.59 Å². The van der Waals surface area contributed by atoms with E-state index < -0.39 is 11.9 Å². The number of pyridine rings is 1. The average molecular weight is 519 g/mol. The van der Waals surface area contributed by atoms with Crippen molar-refractivity contribution < 1.29 is 40.8 Å². The summed E-state index contributed by atoms with van der Waals surface area (Å²) in [5.41, 5.74) is 14.5. The van der Waals surface area contributed by atoms with E-state index in [-0.39, 0.29) is 12.8 Å². The van der Waals surface area contributed by atoms with Gasteiger partial charge in [0, 0.05) is 0 Å². The molecule has 0 bridgehead atoms. The van der Waals surface area contributed by atoms with Crippen LogP contribution in [0.1, 0.15) is 102 Å². The molecule has 0 aliphatic rings. The van der Waals surface area contributed by atoms with Gasteiger partial charge in [-0.05, 0) is 12.1 Å². The van der Waals surface area contributed by atoms with Crippen molar-refractivity contribution in [2.24, 2.45) is 0 Å². The van der Waals surface area contributed by atoms with Crippen LogP contribution in [0.15, 0.2) is 18.2 Å². The van der Waals surface area contributed by atoms with Crippen LogP contribution in [0.5, 0.6) is 0 Å². The molecule has 0 saturated heterocycles. The number of hydrogen-bond donors (Lipinski definition) is 2. The quantitative estimate of drug-likeness (QED) is 0.224. The summed E-state index contributed by atoms with van der Waals surface area (Å²) in [6.45, 7) is 5.69. The van der Waals surface area contributed by atoms with Crippen molar-refractivity contribution in [1.29, 1.82) is 0 Å². The van der Waals surface area contributed by atoms with Crippen LogP contribution in [-0.2, 0) is 43.5 Å². The molecule has 0 radical (unpaired) electrons. The van der Waals surface area contributed by atoms with E-state index >= 15 is 0 Å². The van der Waals surface area contributed by atoms with Gasteiger partial charge in [-0.1, -0.05) is 97.0 Å². The zero-order chi connectivity index (χ0) is 26.5. The molecule has 4 N–H and O–H groups in total. The van der Waals surface area contributed by atoms with Crippen LogP contribution >= 0.6 is 0 Å². The van der Waals surface area contributed by atoms with Gasteiger partial charge < -0.3 is 21.7 Å². The Hall–Kier alpha value is -1.61. The van der Waals surface area contributed by atoms with Gasteiger partial charge in [-0.15, -0.1) is 0 Å². The SMILES string of the molecule is CCCCCCCC[NH-].CCCCCCCC[NH-].O=C(O)Cc1cccc(CC(=O)O)n1.[O]=[V+2]. The number of carboxylic acid groups (broad SMARTS) is 2. The van der Waals surface area contributed by atoms with Gasteiger partial charge in [0.1, 0.15) is 0 Å². The summed E-state index contributed by atoms with van der Waals surface area (Å²) in [5, 5.41) is 17.0. The Labute approximate surface area is 215 Å². The van der Waals surface area contributed by atoms with E-state index in [0.29, 0.717) is 24.5 Å². The first-order valence-corrected chi connectivity index (χ1v) is 12.8. The second-order valence-corrected chi connectivity index (χ2v) is 7.80. The molecule has 1 rings (SSSR count). The van der Waals surface area contributed by atoms with Gasteiger partial charge in [-0.3, -0.25) is 14.6 Å². The van der Waals surface area contributed by atoms with Crippen molar-refractivity contribution in [1.82, 2.24) is 4.98 Å². The molecule has 1 aromatic heterocycles. The topological polar surface area (TPSA) is 152 Å².